The van der Waals surface area contributed by atoms with Gasteiger partial charge in [0.2, 0.25) is 0 Å². The molecule has 2 N–H and O–H groups in total. The van der Waals surface area contributed by atoms with Gasteiger partial charge in [0, 0.05) is 18.8 Å². The highest BCUT2D eigenvalue weighted by molar-refractivity contribution is 5.98. The summed E-state index contributed by atoms with van der Waals surface area (Å²) in [5.74, 6) is 0.545. The predicted octanol–water partition coefficient (Wildman–Crippen LogP) is 3.10. The van der Waals surface area contributed by atoms with Crippen LogP contribution in [-0.4, -0.2) is 31.0 Å². The summed E-state index contributed by atoms with van der Waals surface area (Å²) in [6.45, 7) is 8.00. The summed E-state index contributed by atoms with van der Waals surface area (Å²) in [5, 5.41) is 0. The molecule has 0 saturated carbocycles. The molecule has 1 aromatic rings. The summed E-state index contributed by atoms with van der Waals surface area (Å²) >= 11 is 0. The standard InChI is InChI=1S/C17H24N2O2/c1-17(2,3)12-7-9-19(10-8-12)16(20)14-11-13(18)5-6-15(14)21-4/h5-7,11H,8-10,18H2,1-4H3. The number of carbonyl (C=O) groups is 1. The van der Waals surface area contributed by atoms with Gasteiger partial charge in [0.15, 0.2) is 0 Å². The fraction of sp³-hybridized carbons (Fsp3) is 0.471. The summed E-state index contributed by atoms with van der Waals surface area (Å²) < 4.78 is 5.27. The number of hydrogen-bond donors (Lipinski definition) is 1. The summed E-state index contributed by atoms with van der Waals surface area (Å²) in [7, 11) is 1.57. The molecule has 0 unspecified atom stereocenters. The first kappa shape index (κ1) is 15.4. The van der Waals surface area contributed by atoms with Crippen molar-refractivity contribution in [3.8, 4) is 5.75 Å². The first-order valence-corrected chi connectivity index (χ1v) is 7.25. The van der Waals surface area contributed by atoms with Crippen LogP contribution in [0.2, 0.25) is 0 Å². The number of amides is 1. The molecule has 0 fully saturated rings. The van der Waals surface area contributed by atoms with Crippen molar-refractivity contribution < 1.29 is 9.53 Å². The molecule has 0 saturated heterocycles. The van der Waals surface area contributed by atoms with Crippen LogP contribution in [0.5, 0.6) is 5.75 Å². The molecule has 0 atom stereocenters. The number of nitrogen functional groups attached to an aromatic ring is 1. The van der Waals surface area contributed by atoms with E-state index in [0.29, 0.717) is 23.5 Å². The van der Waals surface area contributed by atoms with E-state index in [0.717, 1.165) is 13.0 Å². The van der Waals surface area contributed by atoms with Crippen molar-refractivity contribution in [1.82, 2.24) is 4.90 Å². The topological polar surface area (TPSA) is 55.6 Å². The van der Waals surface area contributed by atoms with E-state index in [1.807, 2.05) is 4.90 Å². The highest BCUT2D eigenvalue weighted by atomic mass is 16.5. The summed E-state index contributed by atoms with van der Waals surface area (Å²) in [6, 6.07) is 5.16. The third-order valence-corrected chi connectivity index (χ3v) is 3.91. The molecule has 0 aliphatic carbocycles. The Morgan fingerprint density at radius 1 is 1.33 bits per heavy atom. The van der Waals surface area contributed by atoms with Gasteiger partial charge in [-0.05, 0) is 30.0 Å². The molecule has 2 rings (SSSR count). The van der Waals surface area contributed by atoms with Crippen LogP contribution in [-0.2, 0) is 0 Å². The van der Waals surface area contributed by atoms with Gasteiger partial charge in [-0.3, -0.25) is 4.79 Å². The van der Waals surface area contributed by atoms with E-state index >= 15 is 0 Å². The Kier molecular flexibility index (Phi) is 4.26. The molecular formula is C17H24N2O2. The Morgan fingerprint density at radius 2 is 2.05 bits per heavy atom. The lowest BCUT2D eigenvalue weighted by molar-refractivity contribution is 0.0761. The molecule has 1 aromatic carbocycles. The van der Waals surface area contributed by atoms with E-state index in [1.54, 1.807) is 25.3 Å². The second-order valence-electron chi connectivity index (χ2n) is 6.44. The molecule has 4 nitrogen and oxygen atoms in total. The van der Waals surface area contributed by atoms with E-state index in [-0.39, 0.29) is 11.3 Å². The average molecular weight is 288 g/mol. The van der Waals surface area contributed by atoms with E-state index in [9.17, 15) is 4.79 Å². The Hall–Kier alpha value is -1.97. The molecule has 114 valence electrons. The average Bonchev–Trinajstić information content (AvgIpc) is 2.45. The largest absolute Gasteiger partial charge is 0.496 e. The van der Waals surface area contributed by atoms with Crippen molar-refractivity contribution in [2.75, 3.05) is 25.9 Å². The SMILES string of the molecule is COc1ccc(N)cc1C(=O)N1CC=C(C(C)(C)C)CC1. The maximum atomic E-state index is 12.6. The van der Waals surface area contributed by atoms with Gasteiger partial charge in [0.05, 0.1) is 12.7 Å². The number of hydrogen-bond acceptors (Lipinski definition) is 3. The molecular weight excluding hydrogens is 264 g/mol. The lowest BCUT2D eigenvalue weighted by atomic mass is 9.83. The normalized spacial score (nSPS) is 15.6. The van der Waals surface area contributed by atoms with Gasteiger partial charge in [0.25, 0.3) is 5.91 Å². The van der Waals surface area contributed by atoms with Gasteiger partial charge >= 0.3 is 0 Å². The van der Waals surface area contributed by atoms with Crippen molar-refractivity contribution in [3.63, 3.8) is 0 Å². The van der Waals surface area contributed by atoms with Gasteiger partial charge in [0.1, 0.15) is 5.75 Å². The van der Waals surface area contributed by atoms with Crippen molar-refractivity contribution in [2.24, 2.45) is 5.41 Å². The van der Waals surface area contributed by atoms with Crippen LogP contribution < -0.4 is 10.5 Å². The number of ether oxygens (including phenoxy) is 1. The highest BCUT2D eigenvalue weighted by Crippen LogP contribution is 2.31. The quantitative estimate of drug-likeness (QED) is 0.672. The van der Waals surface area contributed by atoms with E-state index in [1.165, 1.54) is 5.57 Å². The molecule has 0 spiro atoms. The van der Waals surface area contributed by atoms with Crippen molar-refractivity contribution in [1.29, 1.82) is 0 Å². The molecule has 21 heavy (non-hydrogen) atoms. The Bertz CT molecular complexity index is 571. The van der Waals surface area contributed by atoms with Gasteiger partial charge < -0.3 is 15.4 Å². The summed E-state index contributed by atoms with van der Waals surface area (Å²) in [4.78, 5) is 14.5. The van der Waals surface area contributed by atoms with E-state index in [2.05, 4.69) is 26.8 Å². The van der Waals surface area contributed by atoms with Crippen molar-refractivity contribution in [2.45, 2.75) is 27.2 Å². The van der Waals surface area contributed by atoms with Crippen molar-refractivity contribution in [3.05, 3.63) is 35.4 Å². The minimum atomic E-state index is -0.0247. The number of nitrogens with two attached hydrogens (primary N) is 1. The smallest absolute Gasteiger partial charge is 0.257 e. The molecule has 1 aliphatic rings. The number of methoxy groups -OCH3 is 1. The fourth-order valence-corrected chi connectivity index (χ4v) is 2.60. The van der Waals surface area contributed by atoms with Gasteiger partial charge in [-0.15, -0.1) is 0 Å². The van der Waals surface area contributed by atoms with Crippen LogP contribution in [0.25, 0.3) is 0 Å². The van der Waals surface area contributed by atoms with Crippen LogP contribution in [0.4, 0.5) is 5.69 Å². The second-order valence-corrected chi connectivity index (χ2v) is 6.44. The molecule has 0 aromatic heterocycles. The minimum Gasteiger partial charge on any atom is -0.496 e. The van der Waals surface area contributed by atoms with Crippen LogP contribution in [0.15, 0.2) is 29.8 Å². The zero-order valence-electron chi connectivity index (χ0n) is 13.3. The van der Waals surface area contributed by atoms with Gasteiger partial charge in [-0.2, -0.15) is 0 Å². The Labute approximate surface area is 126 Å². The molecule has 1 aliphatic heterocycles. The lowest BCUT2D eigenvalue weighted by Gasteiger charge is -2.32. The molecule has 4 heteroatoms. The van der Waals surface area contributed by atoms with Crippen LogP contribution in [0.3, 0.4) is 0 Å². The molecule has 0 radical (unpaired) electrons. The maximum Gasteiger partial charge on any atom is 0.257 e. The number of rotatable bonds is 2. The molecule has 1 amide bonds. The van der Waals surface area contributed by atoms with E-state index in [4.69, 9.17) is 10.5 Å². The van der Waals surface area contributed by atoms with Crippen LogP contribution >= 0.6 is 0 Å². The van der Waals surface area contributed by atoms with Crippen LogP contribution in [0, 0.1) is 5.41 Å². The summed E-state index contributed by atoms with van der Waals surface area (Å²) in [6.07, 6.45) is 3.08. The third kappa shape index (κ3) is 3.38. The Balaban J connectivity index is 2.20. The van der Waals surface area contributed by atoms with Crippen molar-refractivity contribution >= 4 is 11.6 Å². The zero-order chi connectivity index (χ0) is 15.6. The molecule has 0 bridgehead atoms. The lowest BCUT2D eigenvalue weighted by Crippen LogP contribution is -2.36. The number of carbonyl (C=O) groups excluding carboxylic acids is 1. The first-order chi connectivity index (χ1) is 9.82. The first-order valence-electron chi connectivity index (χ1n) is 7.25. The highest BCUT2D eigenvalue weighted by Gasteiger charge is 2.25. The Morgan fingerprint density at radius 3 is 2.57 bits per heavy atom. The fourth-order valence-electron chi connectivity index (χ4n) is 2.60. The number of nitrogens with zero attached hydrogens (tertiary/aromatic N) is 1. The van der Waals surface area contributed by atoms with Gasteiger partial charge in [-0.1, -0.05) is 32.4 Å². The maximum absolute atomic E-state index is 12.6. The van der Waals surface area contributed by atoms with Gasteiger partial charge in [-0.25, -0.2) is 0 Å². The predicted molar refractivity (Wildman–Crippen MR) is 85.5 cm³/mol. The number of benzene rings is 1. The third-order valence-electron chi connectivity index (χ3n) is 3.91. The molecule has 1 heterocycles. The number of anilines is 1. The second kappa shape index (κ2) is 5.80. The van der Waals surface area contributed by atoms with Crippen LogP contribution in [0.1, 0.15) is 37.6 Å². The van der Waals surface area contributed by atoms with E-state index < -0.39 is 0 Å². The summed E-state index contributed by atoms with van der Waals surface area (Å²) in [5.41, 5.74) is 8.47. The minimum absolute atomic E-state index is 0.0247. The zero-order valence-corrected chi connectivity index (χ0v) is 13.3. The monoisotopic (exact) mass is 288 g/mol.